The first-order valence-electron chi connectivity index (χ1n) is 7.84. The van der Waals surface area contributed by atoms with E-state index in [2.05, 4.69) is 26.2 Å². The van der Waals surface area contributed by atoms with E-state index >= 15 is 0 Å². The summed E-state index contributed by atoms with van der Waals surface area (Å²) in [5.74, 6) is 1.19. The summed E-state index contributed by atoms with van der Waals surface area (Å²) in [5, 5.41) is 5.20. The van der Waals surface area contributed by atoms with Gasteiger partial charge in [-0.1, -0.05) is 15.9 Å². The van der Waals surface area contributed by atoms with Crippen molar-refractivity contribution in [3.63, 3.8) is 0 Å². The van der Waals surface area contributed by atoms with Crippen LogP contribution in [-0.2, 0) is 4.79 Å². The second kappa shape index (κ2) is 8.33. The van der Waals surface area contributed by atoms with Gasteiger partial charge in [0.25, 0.3) is 5.91 Å². The summed E-state index contributed by atoms with van der Waals surface area (Å²) in [6.07, 6.45) is 0. The summed E-state index contributed by atoms with van der Waals surface area (Å²) in [4.78, 5) is 16.5. The molecule has 1 aromatic heterocycles. The van der Waals surface area contributed by atoms with Gasteiger partial charge in [0.15, 0.2) is 11.7 Å². The molecule has 3 rings (SSSR count). The minimum absolute atomic E-state index is 0.0709. The number of rotatable bonds is 6. The topological polar surface area (TPSA) is 60.5 Å². The number of amides is 1. The van der Waals surface area contributed by atoms with Gasteiger partial charge in [-0.2, -0.15) is 0 Å². The number of carbonyl (C=O) groups excluding carboxylic acids is 1. The van der Waals surface area contributed by atoms with Gasteiger partial charge in [-0.25, -0.2) is 4.98 Å². The summed E-state index contributed by atoms with van der Waals surface area (Å²) in [7, 11) is 1.63. The summed E-state index contributed by atoms with van der Waals surface area (Å²) < 4.78 is 11.7. The monoisotopic (exact) mass is 432 g/mol. The number of thiazole rings is 1. The highest BCUT2D eigenvalue weighted by Crippen LogP contribution is 2.26. The third-order valence-electron chi connectivity index (χ3n) is 3.64. The maximum atomic E-state index is 12.1. The molecule has 0 bridgehead atoms. The fourth-order valence-electron chi connectivity index (χ4n) is 2.24. The standard InChI is InChI=1S/C19H17BrN2O3S/c1-12-9-15(7-8-16(12)20)25-10-18(23)22-19-21-17(11-26-19)13-3-5-14(24-2)6-4-13/h3-9,11H,10H2,1-2H3,(H,21,22,23). The number of aromatic nitrogens is 1. The van der Waals surface area contributed by atoms with Gasteiger partial charge in [-0.3, -0.25) is 10.1 Å². The quantitative estimate of drug-likeness (QED) is 0.601. The number of hydrogen-bond acceptors (Lipinski definition) is 5. The second-order valence-corrected chi connectivity index (χ2v) is 7.23. The Bertz CT molecular complexity index is 909. The molecule has 7 heteroatoms. The smallest absolute Gasteiger partial charge is 0.264 e. The van der Waals surface area contributed by atoms with E-state index in [-0.39, 0.29) is 12.5 Å². The van der Waals surface area contributed by atoms with Gasteiger partial charge < -0.3 is 9.47 Å². The molecule has 0 aliphatic heterocycles. The predicted octanol–water partition coefficient (Wildman–Crippen LogP) is 4.91. The highest BCUT2D eigenvalue weighted by atomic mass is 79.9. The van der Waals surface area contributed by atoms with Crippen molar-refractivity contribution >= 4 is 38.3 Å². The lowest BCUT2D eigenvalue weighted by Crippen LogP contribution is -2.20. The van der Waals surface area contributed by atoms with Crippen LogP contribution in [0.3, 0.4) is 0 Å². The summed E-state index contributed by atoms with van der Waals surface area (Å²) >= 11 is 4.81. The van der Waals surface area contributed by atoms with Crippen molar-refractivity contribution in [2.75, 3.05) is 19.0 Å². The molecule has 0 saturated heterocycles. The molecule has 26 heavy (non-hydrogen) atoms. The maximum Gasteiger partial charge on any atom is 0.264 e. The van der Waals surface area contributed by atoms with Crippen LogP contribution in [0.15, 0.2) is 52.3 Å². The fraction of sp³-hybridized carbons (Fsp3) is 0.158. The molecule has 0 radical (unpaired) electrons. The number of anilines is 1. The molecule has 0 atom stereocenters. The first-order valence-corrected chi connectivity index (χ1v) is 9.51. The van der Waals surface area contributed by atoms with Crippen molar-refractivity contribution in [3.05, 3.63) is 57.9 Å². The van der Waals surface area contributed by atoms with Crippen molar-refractivity contribution in [2.45, 2.75) is 6.92 Å². The van der Waals surface area contributed by atoms with E-state index in [0.717, 1.165) is 27.0 Å². The molecular formula is C19H17BrN2O3S. The van der Waals surface area contributed by atoms with Crippen LogP contribution in [0.4, 0.5) is 5.13 Å². The van der Waals surface area contributed by atoms with Gasteiger partial charge in [-0.15, -0.1) is 11.3 Å². The van der Waals surface area contributed by atoms with Crippen molar-refractivity contribution in [1.29, 1.82) is 0 Å². The van der Waals surface area contributed by atoms with E-state index in [1.807, 2.05) is 54.8 Å². The molecule has 3 aromatic rings. The number of ether oxygens (including phenoxy) is 2. The number of methoxy groups -OCH3 is 1. The lowest BCUT2D eigenvalue weighted by Gasteiger charge is -2.07. The minimum atomic E-state index is -0.249. The number of halogens is 1. The van der Waals surface area contributed by atoms with Gasteiger partial charge >= 0.3 is 0 Å². The molecule has 134 valence electrons. The van der Waals surface area contributed by atoms with E-state index in [4.69, 9.17) is 9.47 Å². The van der Waals surface area contributed by atoms with Crippen LogP contribution in [0.1, 0.15) is 5.56 Å². The zero-order valence-corrected chi connectivity index (χ0v) is 16.7. The Kier molecular flexibility index (Phi) is 5.90. The summed E-state index contributed by atoms with van der Waals surface area (Å²) in [6.45, 7) is 1.89. The minimum Gasteiger partial charge on any atom is -0.497 e. The Morgan fingerprint density at radius 3 is 2.62 bits per heavy atom. The zero-order valence-electron chi connectivity index (χ0n) is 14.3. The molecule has 1 N–H and O–H groups in total. The summed E-state index contributed by atoms with van der Waals surface area (Å²) in [5.41, 5.74) is 2.81. The maximum absolute atomic E-state index is 12.1. The molecule has 0 fully saturated rings. The Morgan fingerprint density at radius 1 is 1.19 bits per heavy atom. The van der Waals surface area contributed by atoms with Crippen LogP contribution >= 0.6 is 27.3 Å². The molecule has 0 saturated carbocycles. The lowest BCUT2D eigenvalue weighted by molar-refractivity contribution is -0.118. The van der Waals surface area contributed by atoms with Gasteiger partial charge in [-0.05, 0) is 55.0 Å². The SMILES string of the molecule is COc1ccc(-c2csc(NC(=O)COc3ccc(Br)c(C)c3)n2)cc1. The van der Waals surface area contributed by atoms with E-state index in [1.165, 1.54) is 11.3 Å². The first-order chi connectivity index (χ1) is 12.5. The average Bonchev–Trinajstić information content (AvgIpc) is 3.11. The van der Waals surface area contributed by atoms with Gasteiger partial charge in [0.05, 0.1) is 12.8 Å². The van der Waals surface area contributed by atoms with Crippen LogP contribution in [0.25, 0.3) is 11.3 Å². The Balaban J connectivity index is 1.57. The molecule has 1 amide bonds. The molecule has 0 aliphatic rings. The highest BCUT2D eigenvalue weighted by Gasteiger charge is 2.09. The van der Waals surface area contributed by atoms with Crippen LogP contribution in [0.2, 0.25) is 0 Å². The summed E-state index contributed by atoms with van der Waals surface area (Å²) in [6, 6.07) is 13.2. The molecule has 0 unspecified atom stereocenters. The largest absolute Gasteiger partial charge is 0.497 e. The molecule has 5 nitrogen and oxygen atoms in total. The zero-order chi connectivity index (χ0) is 18.5. The van der Waals surface area contributed by atoms with Crippen molar-refractivity contribution < 1.29 is 14.3 Å². The number of carbonyl (C=O) groups is 1. The van der Waals surface area contributed by atoms with Crippen LogP contribution in [-0.4, -0.2) is 24.6 Å². The van der Waals surface area contributed by atoms with Crippen LogP contribution < -0.4 is 14.8 Å². The number of hydrogen-bond donors (Lipinski definition) is 1. The van der Waals surface area contributed by atoms with Gasteiger partial charge in [0.2, 0.25) is 0 Å². The van der Waals surface area contributed by atoms with Crippen molar-refractivity contribution in [2.24, 2.45) is 0 Å². The van der Waals surface area contributed by atoms with Crippen molar-refractivity contribution in [3.8, 4) is 22.8 Å². The third kappa shape index (κ3) is 4.62. The molecule has 1 heterocycles. The number of nitrogens with zero attached hydrogens (tertiary/aromatic N) is 1. The Morgan fingerprint density at radius 2 is 1.92 bits per heavy atom. The third-order valence-corrected chi connectivity index (χ3v) is 5.28. The van der Waals surface area contributed by atoms with Gasteiger partial charge in [0, 0.05) is 15.4 Å². The second-order valence-electron chi connectivity index (χ2n) is 5.51. The van der Waals surface area contributed by atoms with E-state index < -0.39 is 0 Å². The normalized spacial score (nSPS) is 10.4. The Hall–Kier alpha value is -2.38. The van der Waals surface area contributed by atoms with Crippen molar-refractivity contribution in [1.82, 2.24) is 4.98 Å². The number of nitrogens with one attached hydrogen (secondary N) is 1. The van der Waals surface area contributed by atoms with Gasteiger partial charge in [0.1, 0.15) is 11.5 Å². The molecular weight excluding hydrogens is 416 g/mol. The number of aryl methyl sites for hydroxylation is 1. The average molecular weight is 433 g/mol. The molecule has 2 aromatic carbocycles. The van der Waals surface area contributed by atoms with Crippen LogP contribution in [0.5, 0.6) is 11.5 Å². The van der Waals surface area contributed by atoms with E-state index in [1.54, 1.807) is 7.11 Å². The van der Waals surface area contributed by atoms with Crippen LogP contribution in [0, 0.1) is 6.92 Å². The predicted molar refractivity (Wildman–Crippen MR) is 107 cm³/mol. The highest BCUT2D eigenvalue weighted by molar-refractivity contribution is 9.10. The lowest BCUT2D eigenvalue weighted by atomic mass is 10.2. The van der Waals surface area contributed by atoms with E-state index in [9.17, 15) is 4.79 Å². The first kappa shape index (κ1) is 18.4. The molecule has 0 aliphatic carbocycles. The van der Waals surface area contributed by atoms with E-state index in [0.29, 0.717) is 10.9 Å². The number of benzene rings is 2. The fourth-order valence-corrected chi connectivity index (χ4v) is 3.22. The Labute approximate surface area is 164 Å². The molecule has 0 spiro atoms.